The number of allylic oxidation sites excluding steroid dienone is 4. The first kappa shape index (κ1) is 44.6. The number of carbonyl (C=O) groups excluding carboxylic acids is 3. The Kier molecular flexibility index (Phi) is 15.3. The molecule has 8 bridgehead atoms. The standard InChI is InChI=1S/C46H69N9O3/c1-10-31-28(5)39-25-42-32(11-2)27(4)38(50-42)24-40-29(6)33(44(53-40)30(7)37-22-26(3)36(49-37)23-41(31)51-39)18-19-43(56)52-34(16-12-14-20-47)45(57)54-35(17-13-15-21-48)46(58)55(8)9/h22-25,29,32-35,42,49-50H,10-21,47-48H2,1-9H3,(H,52,56)(H,54,57)/b36-23-,37-30-,39-25-,40-24-/t29-,32?,33-,34-,35?,42?/m0/s1. The molecular weight excluding hydrogens is 727 g/mol. The molecule has 5 rings (SSSR count). The van der Waals surface area contributed by atoms with Crippen LogP contribution in [-0.2, 0) is 14.4 Å². The molecule has 0 spiro atoms. The van der Waals surface area contributed by atoms with Crippen molar-refractivity contribution in [2.24, 2.45) is 39.2 Å². The number of aryl methyl sites for hydroxylation is 1. The second kappa shape index (κ2) is 19.9. The van der Waals surface area contributed by atoms with E-state index in [4.69, 9.17) is 21.5 Å². The molecule has 3 amide bonds. The molecule has 1 aromatic rings. The molecule has 4 aliphatic rings. The number of nitrogens with zero attached hydrogens (tertiary/aromatic N) is 3. The molecule has 12 nitrogen and oxygen atoms in total. The zero-order valence-electron chi connectivity index (χ0n) is 36.5. The van der Waals surface area contributed by atoms with Gasteiger partial charge in [-0.15, -0.1) is 0 Å². The van der Waals surface area contributed by atoms with Crippen molar-refractivity contribution in [1.29, 1.82) is 0 Å². The zero-order chi connectivity index (χ0) is 42.3. The first-order chi connectivity index (χ1) is 27.7. The van der Waals surface area contributed by atoms with Gasteiger partial charge in [-0.1, -0.05) is 20.8 Å². The molecule has 4 aliphatic heterocycles. The highest BCUT2D eigenvalue weighted by atomic mass is 16.2. The van der Waals surface area contributed by atoms with Crippen LogP contribution in [0.25, 0.3) is 11.6 Å². The van der Waals surface area contributed by atoms with Crippen LogP contribution in [-0.4, -0.2) is 84.3 Å². The Balaban J connectivity index is 1.45. The van der Waals surface area contributed by atoms with E-state index in [9.17, 15) is 14.4 Å². The van der Waals surface area contributed by atoms with E-state index in [0.29, 0.717) is 51.1 Å². The lowest BCUT2D eigenvalue weighted by Crippen LogP contribution is -2.53. The van der Waals surface area contributed by atoms with Gasteiger partial charge in [-0.05, 0) is 151 Å². The highest BCUT2D eigenvalue weighted by molar-refractivity contribution is 6.23. The second-order valence-electron chi connectivity index (χ2n) is 16.8. The summed E-state index contributed by atoms with van der Waals surface area (Å²) in [6.45, 7) is 16.3. The molecule has 6 atom stereocenters. The van der Waals surface area contributed by atoms with Crippen molar-refractivity contribution in [1.82, 2.24) is 25.8 Å². The summed E-state index contributed by atoms with van der Waals surface area (Å²) < 4.78 is 0. The molecule has 3 unspecified atom stereocenters. The average molecular weight is 796 g/mol. The molecule has 0 radical (unpaired) electrons. The molecule has 0 aliphatic carbocycles. The fourth-order valence-corrected chi connectivity index (χ4v) is 8.94. The number of rotatable bonds is 17. The van der Waals surface area contributed by atoms with E-state index in [1.165, 1.54) is 21.6 Å². The number of nitrogens with two attached hydrogens (primary N) is 2. The van der Waals surface area contributed by atoms with Crippen LogP contribution in [0.15, 0.2) is 62.0 Å². The fourth-order valence-electron chi connectivity index (χ4n) is 8.94. The van der Waals surface area contributed by atoms with Crippen LogP contribution in [0.3, 0.4) is 0 Å². The minimum atomic E-state index is -0.785. The number of aliphatic imine (C=N–C) groups is 2. The van der Waals surface area contributed by atoms with Gasteiger partial charge in [0.2, 0.25) is 17.7 Å². The lowest BCUT2D eigenvalue weighted by molar-refractivity contribution is -0.136. The van der Waals surface area contributed by atoms with Gasteiger partial charge < -0.3 is 37.3 Å². The van der Waals surface area contributed by atoms with Crippen LogP contribution in [0.1, 0.15) is 111 Å². The fraction of sp³-hybridized carbons (Fsp3) is 0.587. The molecular formula is C46H69N9O3. The largest absolute Gasteiger partial charge is 0.378 e. The van der Waals surface area contributed by atoms with Gasteiger partial charge in [0.1, 0.15) is 12.1 Å². The summed E-state index contributed by atoms with van der Waals surface area (Å²) in [5.74, 6) is -0.399. The van der Waals surface area contributed by atoms with Gasteiger partial charge >= 0.3 is 0 Å². The van der Waals surface area contributed by atoms with Gasteiger partial charge in [0, 0.05) is 66.1 Å². The van der Waals surface area contributed by atoms with Crippen molar-refractivity contribution in [3.8, 4) is 0 Å². The van der Waals surface area contributed by atoms with Gasteiger partial charge in [0.05, 0.1) is 17.5 Å². The Morgan fingerprint density at radius 3 is 2.22 bits per heavy atom. The first-order valence-electron chi connectivity index (χ1n) is 21.6. The lowest BCUT2D eigenvalue weighted by atomic mass is 9.84. The van der Waals surface area contributed by atoms with Crippen LogP contribution >= 0.6 is 0 Å². The average Bonchev–Trinajstić information content (AvgIpc) is 3.90. The highest BCUT2D eigenvalue weighted by Gasteiger charge is 2.36. The van der Waals surface area contributed by atoms with Gasteiger partial charge in [-0.25, -0.2) is 4.99 Å². The molecule has 1 aromatic heterocycles. The SMILES string of the molecule is CCC1=C(C)/C2=C/C3NC(=C(C)C3CC)/C=C3N=C(/C(C)=c4/cc(C)/c([nH]4)=C/C1=N2)[C@@H](CCC(=O)N[C@@H](CCCCN)C(=O)NC(CCCCN)C(=O)N(C)C)[C@@H]\3C. The van der Waals surface area contributed by atoms with Crippen LogP contribution in [0, 0.1) is 24.7 Å². The van der Waals surface area contributed by atoms with Gasteiger partial charge in [0.15, 0.2) is 0 Å². The Labute approximate surface area is 345 Å². The molecule has 0 fully saturated rings. The van der Waals surface area contributed by atoms with Crippen molar-refractivity contribution in [3.63, 3.8) is 0 Å². The summed E-state index contributed by atoms with van der Waals surface area (Å²) in [5.41, 5.74) is 22.6. The smallest absolute Gasteiger partial charge is 0.244 e. The Morgan fingerprint density at radius 2 is 1.59 bits per heavy atom. The van der Waals surface area contributed by atoms with E-state index >= 15 is 0 Å². The molecule has 58 heavy (non-hydrogen) atoms. The maximum absolute atomic E-state index is 13.8. The number of aromatic amines is 1. The first-order valence-corrected chi connectivity index (χ1v) is 21.6. The molecule has 12 heteroatoms. The monoisotopic (exact) mass is 796 g/mol. The molecule has 5 heterocycles. The van der Waals surface area contributed by atoms with Crippen molar-refractivity contribution in [2.45, 2.75) is 131 Å². The van der Waals surface area contributed by atoms with Crippen LogP contribution in [0.4, 0.5) is 0 Å². The number of carbonyl (C=O) groups is 3. The number of nitrogens with one attached hydrogen (secondary N) is 4. The van der Waals surface area contributed by atoms with Crippen molar-refractivity contribution < 1.29 is 14.4 Å². The predicted molar refractivity (Wildman–Crippen MR) is 236 cm³/mol. The number of unbranched alkanes of at least 4 members (excludes halogenated alkanes) is 2. The number of hydrogen-bond acceptors (Lipinski definition) is 8. The van der Waals surface area contributed by atoms with E-state index < -0.39 is 12.1 Å². The Morgan fingerprint density at radius 1 is 0.897 bits per heavy atom. The van der Waals surface area contributed by atoms with E-state index in [-0.39, 0.29) is 42.0 Å². The number of hydrogen-bond donors (Lipinski definition) is 6. The molecule has 0 saturated heterocycles. The third kappa shape index (κ3) is 10.00. The zero-order valence-corrected chi connectivity index (χ0v) is 36.5. The highest BCUT2D eigenvalue weighted by Crippen LogP contribution is 2.39. The molecule has 0 aromatic carbocycles. The van der Waals surface area contributed by atoms with Crippen LogP contribution in [0.5, 0.6) is 0 Å². The molecule has 0 saturated carbocycles. The minimum Gasteiger partial charge on any atom is -0.378 e. The third-order valence-corrected chi connectivity index (χ3v) is 12.6. The normalized spacial score (nSPS) is 25.7. The molecule has 316 valence electrons. The summed E-state index contributed by atoms with van der Waals surface area (Å²) in [7, 11) is 3.36. The molecule has 8 N–H and O–H groups in total. The van der Waals surface area contributed by atoms with Gasteiger partial charge in [-0.2, -0.15) is 0 Å². The van der Waals surface area contributed by atoms with E-state index in [1.54, 1.807) is 14.1 Å². The topological polar surface area (TPSA) is 183 Å². The van der Waals surface area contributed by atoms with Crippen molar-refractivity contribution >= 4 is 40.8 Å². The summed E-state index contributed by atoms with van der Waals surface area (Å²) >= 11 is 0. The number of aromatic nitrogens is 1. The third-order valence-electron chi connectivity index (χ3n) is 12.6. The van der Waals surface area contributed by atoms with E-state index in [2.05, 4.69) is 93.7 Å². The van der Waals surface area contributed by atoms with Gasteiger partial charge in [0.25, 0.3) is 0 Å². The quantitative estimate of drug-likeness (QED) is 0.128. The Hall–Kier alpha value is -4.55. The number of H-pyrrole nitrogens is 1. The maximum atomic E-state index is 13.8. The minimum absolute atomic E-state index is 0.0299. The van der Waals surface area contributed by atoms with E-state index in [1.807, 2.05) is 0 Å². The second-order valence-corrected chi connectivity index (χ2v) is 16.8. The predicted octanol–water partition coefficient (Wildman–Crippen LogP) is 4.31. The van der Waals surface area contributed by atoms with Crippen molar-refractivity contribution in [3.05, 3.63) is 68.3 Å². The summed E-state index contributed by atoms with van der Waals surface area (Å²) in [5, 5.41) is 11.9. The Bertz CT molecular complexity index is 2050. The summed E-state index contributed by atoms with van der Waals surface area (Å²) in [4.78, 5) is 56.3. The summed E-state index contributed by atoms with van der Waals surface area (Å²) in [6.07, 6.45) is 13.1. The maximum Gasteiger partial charge on any atom is 0.244 e. The lowest BCUT2D eigenvalue weighted by Gasteiger charge is -2.25. The number of amides is 3. The van der Waals surface area contributed by atoms with Gasteiger partial charge in [-0.3, -0.25) is 19.4 Å². The summed E-state index contributed by atoms with van der Waals surface area (Å²) in [6, 6.07) is 0.819. The number of fused-ring (bicyclic) bond motifs is 6. The van der Waals surface area contributed by atoms with E-state index in [0.717, 1.165) is 76.0 Å². The van der Waals surface area contributed by atoms with Crippen molar-refractivity contribution in [2.75, 3.05) is 27.2 Å². The van der Waals surface area contributed by atoms with Crippen LogP contribution in [0.2, 0.25) is 0 Å². The number of likely N-dealkylation sites (N-methyl/N-ethyl adjacent to an activating group) is 1. The van der Waals surface area contributed by atoms with Crippen LogP contribution < -0.4 is 38.1 Å².